The summed E-state index contributed by atoms with van der Waals surface area (Å²) in [5.41, 5.74) is 1.10. The largest absolute Gasteiger partial charge is 0.507 e. The van der Waals surface area contributed by atoms with Crippen molar-refractivity contribution < 1.29 is 14.3 Å². The number of imidazole rings is 1. The van der Waals surface area contributed by atoms with Gasteiger partial charge in [-0.05, 0) is 43.2 Å². The van der Waals surface area contributed by atoms with Crippen LogP contribution >= 0.6 is 23.2 Å². The van der Waals surface area contributed by atoms with Crippen LogP contribution in [0.1, 0.15) is 29.4 Å². The van der Waals surface area contributed by atoms with Crippen molar-refractivity contribution in [1.29, 1.82) is 0 Å². The third-order valence-corrected chi connectivity index (χ3v) is 7.38. The summed E-state index contributed by atoms with van der Waals surface area (Å²) in [6, 6.07) is 17.8. The Labute approximate surface area is 238 Å². The number of aromatic nitrogens is 3. The number of carbonyl (C=O) groups is 1. The molecule has 40 heavy (non-hydrogen) atoms. The third kappa shape index (κ3) is 5.13. The first-order valence-corrected chi connectivity index (χ1v) is 13.0. The molecule has 0 bridgehead atoms. The molecule has 5 rings (SSSR count). The summed E-state index contributed by atoms with van der Waals surface area (Å²) < 4.78 is 14.6. The van der Waals surface area contributed by atoms with Gasteiger partial charge in [0, 0.05) is 34.1 Å². The second-order valence-corrected chi connectivity index (χ2v) is 10.3. The minimum Gasteiger partial charge on any atom is -0.507 e. The van der Waals surface area contributed by atoms with Gasteiger partial charge in [0.15, 0.2) is 0 Å². The predicted octanol–water partition coefficient (Wildman–Crippen LogP) is 6.14. The zero-order valence-corrected chi connectivity index (χ0v) is 22.9. The lowest BCUT2D eigenvalue weighted by atomic mass is 9.91. The standard InChI is InChI=1S/C29H24Cl2FN5O3/c1-15-8-10-20(30)19(24(15)32)14-33-28(40)37-29(2,17-6-4-3-5-7-17)27-35-25(26(31)36-27)16-9-11-21-18(12-16)22(38)13-23(39)34-21/h3-13H,14H2,1-2H3,(H,35,36)(H2,33,37,40)(H2,34,38,39). The van der Waals surface area contributed by atoms with Crippen LogP contribution in [0.4, 0.5) is 9.18 Å². The van der Waals surface area contributed by atoms with Crippen molar-refractivity contribution in [2.45, 2.75) is 25.9 Å². The quantitative estimate of drug-likeness (QED) is 0.166. The smallest absolute Gasteiger partial charge is 0.316 e. The van der Waals surface area contributed by atoms with E-state index in [-0.39, 0.29) is 28.0 Å². The van der Waals surface area contributed by atoms with Gasteiger partial charge in [-0.15, -0.1) is 0 Å². The number of hydrogen-bond donors (Lipinski definition) is 5. The molecule has 3 aromatic carbocycles. The fourth-order valence-electron chi connectivity index (χ4n) is 4.52. The Bertz CT molecular complexity index is 1810. The van der Waals surface area contributed by atoms with E-state index in [0.29, 0.717) is 39.1 Å². The van der Waals surface area contributed by atoms with Gasteiger partial charge in [0.1, 0.15) is 33.8 Å². The van der Waals surface area contributed by atoms with Crippen molar-refractivity contribution in [3.05, 3.63) is 116 Å². The highest BCUT2D eigenvalue weighted by Crippen LogP contribution is 2.35. The van der Waals surface area contributed by atoms with Gasteiger partial charge in [-0.2, -0.15) is 0 Å². The molecule has 2 heterocycles. The van der Waals surface area contributed by atoms with E-state index in [4.69, 9.17) is 28.2 Å². The topological polar surface area (TPSA) is 123 Å². The zero-order chi connectivity index (χ0) is 28.6. The Morgan fingerprint density at radius 2 is 1.82 bits per heavy atom. The number of pyridine rings is 1. The van der Waals surface area contributed by atoms with Gasteiger partial charge >= 0.3 is 6.03 Å². The molecule has 0 aliphatic rings. The molecule has 0 aliphatic carbocycles. The second-order valence-electron chi connectivity index (χ2n) is 9.48. The maximum atomic E-state index is 14.6. The van der Waals surface area contributed by atoms with E-state index in [1.807, 2.05) is 30.3 Å². The number of aromatic amines is 2. The lowest BCUT2D eigenvalue weighted by molar-refractivity contribution is 0.230. The van der Waals surface area contributed by atoms with E-state index < -0.39 is 22.9 Å². The van der Waals surface area contributed by atoms with Crippen LogP contribution in [-0.4, -0.2) is 26.1 Å². The Balaban J connectivity index is 1.49. The number of aromatic hydroxyl groups is 1. The molecule has 1 unspecified atom stereocenters. The van der Waals surface area contributed by atoms with Gasteiger partial charge in [0.25, 0.3) is 5.56 Å². The Kier molecular flexibility index (Phi) is 7.27. The van der Waals surface area contributed by atoms with E-state index in [1.54, 1.807) is 44.2 Å². The van der Waals surface area contributed by atoms with Gasteiger partial charge in [0.05, 0.1) is 5.52 Å². The van der Waals surface area contributed by atoms with E-state index in [0.717, 1.165) is 6.07 Å². The van der Waals surface area contributed by atoms with Crippen LogP contribution in [0.15, 0.2) is 71.5 Å². The number of nitrogens with zero attached hydrogens (tertiary/aromatic N) is 1. The number of hydrogen-bond acceptors (Lipinski definition) is 4. The zero-order valence-electron chi connectivity index (χ0n) is 21.4. The maximum absolute atomic E-state index is 14.6. The van der Waals surface area contributed by atoms with Gasteiger partial charge < -0.3 is 25.7 Å². The molecule has 204 valence electrons. The van der Waals surface area contributed by atoms with E-state index in [1.165, 1.54) is 0 Å². The average molecular weight is 580 g/mol. The van der Waals surface area contributed by atoms with Crippen LogP contribution in [-0.2, 0) is 12.1 Å². The lowest BCUT2D eigenvalue weighted by Gasteiger charge is -2.29. The molecule has 0 aliphatic heterocycles. The van der Waals surface area contributed by atoms with Crippen LogP contribution in [0.3, 0.4) is 0 Å². The van der Waals surface area contributed by atoms with E-state index in [2.05, 4.69) is 20.6 Å². The number of nitrogens with one attached hydrogen (secondary N) is 4. The first-order valence-electron chi connectivity index (χ1n) is 12.2. The van der Waals surface area contributed by atoms with Crippen molar-refractivity contribution in [1.82, 2.24) is 25.6 Å². The van der Waals surface area contributed by atoms with Crippen molar-refractivity contribution in [2.75, 3.05) is 0 Å². The van der Waals surface area contributed by atoms with E-state index in [9.17, 15) is 19.1 Å². The minimum atomic E-state index is -1.19. The maximum Gasteiger partial charge on any atom is 0.316 e. The molecule has 0 fully saturated rings. The molecule has 0 radical (unpaired) electrons. The van der Waals surface area contributed by atoms with Crippen molar-refractivity contribution >= 4 is 40.1 Å². The molecule has 0 saturated heterocycles. The number of carbonyl (C=O) groups excluding carboxylic acids is 1. The van der Waals surface area contributed by atoms with Crippen molar-refractivity contribution in [3.8, 4) is 17.0 Å². The highest BCUT2D eigenvalue weighted by Gasteiger charge is 2.35. The number of amides is 2. The third-order valence-electron chi connectivity index (χ3n) is 6.75. The summed E-state index contributed by atoms with van der Waals surface area (Å²) in [5.74, 6) is -0.323. The van der Waals surface area contributed by atoms with Crippen LogP contribution < -0.4 is 16.2 Å². The molecule has 0 saturated carbocycles. The molecule has 5 N–H and O–H groups in total. The molecule has 1 atom stereocenters. The summed E-state index contributed by atoms with van der Waals surface area (Å²) in [4.78, 5) is 35.3. The number of rotatable bonds is 6. The van der Waals surface area contributed by atoms with Gasteiger partial charge in [-0.1, -0.05) is 65.7 Å². The lowest BCUT2D eigenvalue weighted by Crippen LogP contribution is -2.49. The molecule has 11 heteroatoms. The molecule has 8 nitrogen and oxygen atoms in total. The number of halogens is 3. The average Bonchev–Trinajstić information content (AvgIpc) is 3.33. The summed E-state index contributed by atoms with van der Waals surface area (Å²) in [6.07, 6.45) is 0. The molecule has 0 spiro atoms. The number of aryl methyl sites for hydroxylation is 1. The molecular formula is C29H24Cl2FN5O3. The van der Waals surface area contributed by atoms with E-state index >= 15 is 0 Å². The summed E-state index contributed by atoms with van der Waals surface area (Å²) >= 11 is 12.8. The number of H-pyrrole nitrogens is 2. The van der Waals surface area contributed by atoms with Gasteiger partial charge in [-0.3, -0.25) is 4.79 Å². The Hall–Kier alpha value is -4.34. The Morgan fingerprint density at radius 1 is 1.07 bits per heavy atom. The molecular weight excluding hydrogens is 556 g/mol. The minimum absolute atomic E-state index is 0.129. The molecule has 5 aromatic rings. The van der Waals surface area contributed by atoms with Crippen LogP contribution in [0, 0.1) is 12.7 Å². The highest BCUT2D eigenvalue weighted by molar-refractivity contribution is 6.32. The van der Waals surface area contributed by atoms with Crippen LogP contribution in [0.25, 0.3) is 22.2 Å². The normalized spacial score (nSPS) is 12.7. The molecule has 2 aromatic heterocycles. The Morgan fingerprint density at radius 3 is 2.58 bits per heavy atom. The first-order chi connectivity index (χ1) is 19.1. The van der Waals surface area contributed by atoms with Crippen molar-refractivity contribution in [2.24, 2.45) is 0 Å². The highest BCUT2D eigenvalue weighted by atomic mass is 35.5. The SMILES string of the molecule is Cc1ccc(Cl)c(CNC(=O)NC(C)(c2ccccc2)c2nc(-c3ccc4[nH]c(=O)cc(O)c4c3)c(Cl)[nH]2)c1F. The second kappa shape index (κ2) is 10.7. The first kappa shape index (κ1) is 27.2. The summed E-state index contributed by atoms with van der Waals surface area (Å²) in [5, 5.41) is 16.7. The van der Waals surface area contributed by atoms with Crippen LogP contribution in [0.5, 0.6) is 5.75 Å². The summed E-state index contributed by atoms with van der Waals surface area (Å²) in [6.45, 7) is 3.25. The predicted molar refractivity (Wildman–Crippen MR) is 153 cm³/mol. The number of urea groups is 1. The summed E-state index contributed by atoms with van der Waals surface area (Å²) in [7, 11) is 0. The number of benzene rings is 3. The van der Waals surface area contributed by atoms with Gasteiger partial charge in [-0.25, -0.2) is 14.2 Å². The fourth-order valence-corrected chi connectivity index (χ4v) is 4.97. The number of fused-ring (bicyclic) bond motifs is 1. The van der Waals surface area contributed by atoms with Crippen LogP contribution in [0.2, 0.25) is 10.2 Å². The fraction of sp³-hybridized carbons (Fsp3) is 0.138. The molecule has 2 amide bonds. The van der Waals surface area contributed by atoms with Crippen molar-refractivity contribution in [3.63, 3.8) is 0 Å². The van der Waals surface area contributed by atoms with Gasteiger partial charge in [0.2, 0.25) is 0 Å². The monoisotopic (exact) mass is 579 g/mol.